The molecule has 1 aromatic rings. The molecule has 0 saturated carbocycles. The van der Waals surface area contributed by atoms with Crippen molar-refractivity contribution in [3.8, 4) is 0 Å². The van der Waals surface area contributed by atoms with Crippen LogP contribution in [0, 0.1) is 0 Å². The Kier molecular flexibility index (Phi) is 4.53. The SMILES string of the molecule is CC(C)(N)CSCC(=O)N1CCc2ccccc2C1. The van der Waals surface area contributed by atoms with Gasteiger partial charge >= 0.3 is 0 Å². The number of hydrogen-bond donors (Lipinski definition) is 1. The van der Waals surface area contributed by atoms with Crippen molar-refractivity contribution in [2.75, 3.05) is 18.1 Å². The van der Waals surface area contributed by atoms with E-state index in [9.17, 15) is 4.79 Å². The van der Waals surface area contributed by atoms with E-state index in [2.05, 4.69) is 18.2 Å². The molecular weight excluding hydrogens is 256 g/mol. The molecular formula is C15H22N2OS. The molecule has 0 spiro atoms. The van der Waals surface area contributed by atoms with Crippen LogP contribution < -0.4 is 5.73 Å². The van der Waals surface area contributed by atoms with E-state index in [4.69, 9.17) is 5.73 Å². The van der Waals surface area contributed by atoms with E-state index in [1.165, 1.54) is 11.1 Å². The molecule has 104 valence electrons. The van der Waals surface area contributed by atoms with E-state index in [-0.39, 0.29) is 11.4 Å². The number of carbonyl (C=O) groups is 1. The zero-order valence-electron chi connectivity index (χ0n) is 11.7. The van der Waals surface area contributed by atoms with E-state index in [1.807, 2.05) is 24.8 Å². The van der Waals surface area contributed by atoms with E-state index in [0.717, 1.165) is 25.3 Å². The van der Waals surface area contributed by atoms with Crippen LogP contribution in [0.3, 0.4) is 0 Å². The van der Waals surface area contributed by atoms with Gasteiger partial charge in [-0.25, -0.2) is 0 Å². The summed E-state index contributed by atoms with van der Waals surface area (Å²) in [7, 11) is 0. The predicted octanol–water partition coefficient (Wildman–Crippen LogP) is 2.04. The molecule has 2 rings (SSSR count). The summed E-state index contributed by atoms with van der Waals surface area (Å²) in [5.41, 5.74) is 8.37. The van der Waals surface area contributed by atoms with Crippen LogP contribution in [0.2, 0.25) is 0 Å². The van der Waals surface area contributed by atoms with Gasteiger partial charge in [0.15, 0.2) is 0 Å². The molecule has 0 unspecified atom stereocenters. The molecule has 0 atom stereocenters. The summed E-state index contributed by atoms with van der Waals surface area (Å²) in [5.74, 6) is 1.56. The van der Waals surface area contributed by atoms with Crippen molar-refractivity contribution in [1.29, 1.82) is 0 Å². The van der Waals surface area contributed by atoms with Crippen molar-refractivity contribution < 1.29 is 4.79 Å². The molecule has 3 nitrogen and oxygen atoms in total. The summed E-state index contributed by atoms with van der Waals surface area (Å²) in [6, 6.07) is 8.38. The lowest BCUT2D eigenvalue weighted by Crippen LogP contribution is -2.38. The molecule has 1 heterocycles. The number of thioether (sulfide) groups is 1. The number of nitrogens with two attached hydrogens (primary N) is 1. The first-order valence-electron chi connectivity index (χ1n) is 6.67. The predicted molar refractivity (Wildman–Crippen MR) is 81.2 cm³/mol. The summed E-state index contributed by atoms with van der Waals surface area (Å²) in [6.07, 6.45) is 0.967. The van der Waals surface area contributed by atoms with Crippen LogP contribution in [0.25, 0.3) is 0 Å². The van der Waals surface area contributed by atoms with Gasteiger partial charge in [0.2, 0.25) is 5.91 Å². The molecule has 0 aliphatic carbocycles. The van der Waals surface area contributed by atoms with Crippen molar-refractivity contribution in [3.05, 3.63) is 35.4 Å². The van der Waals surface area contributed by atoms with Crippen LogP contribution in [-0.2, 0) is 17.8 Å². The molecule has 0 bridgehead atoms. The Bertz CT molecular complexity index is 454. The molecule has 1 amide bonds. The van der Waals surface area contributed by atoms with Crippen LogP contribution >= 0.6 is 11.8 Å². The number of hydrogen-bond acceptors (Lipinski definition) is 3. The maximum absolute atomic E-state index is 12.2. The fraction of sp³-hybridized carbons (Fsp3) is 0.533. The van der Waals surface area contributed by atoms with Crippen LogP contribution in [0.15, 0.2) is 24.3 Å². The number of fused-ring (bicyclic) bond motifs is 1. The van der Waals surface area contributed by atoms with Gasteiger partial charge in [0.25, 0.3) is 0 Å². The Morgan fingerprint density at radius 2 is 2.05 bits per heavy atom. The number of amides is 1. The Hall–Kier alpha value is -1.00. The largest absolute Gasteiger partial charge is 0.337 e. The highest BCUT2D eigenvalue weighted by Crippen LogP contribution is 2.19. The third-order valence-corrected chi connectivity index (χ3v) is 4.58. The fourth-order valence-electron chi connectivity index (χ4n) is 2.20. The van der Waals surface area contributed by atoms with E-state index in [0.29, 0.717) is 5.75 Å². The molecule has 0 radical (unpaired) electrons. The number of benzene rings is 1. The number of rotatable bonds is 4. The minimum Gasteiger partial charge on any atom is -0.337 e. The van der Waals surface area contributed by atoms with E-state index < -0.39 is 0 Å². The second-order valence-electron chi connectivity index (χ2n) is 5.82. The molecule has 1 aromatic carbocycles. The number of nitrogens with zero attached hydrogens (tertiary/aromatic N) is 1. The molecule has 19 heavy (non-hydrogen) atoms. The van der Waals surface area contributed by atoms with Gasteiger partial charge in [-0.2, -0.15) is 11.8 Å². The van der Waals surface area contributed by atoms with Crippen molar-refractivity contribution in [3.63, 3.8) is 0 Å². The summed E-state index contributed by atoms with van der Waals surface area (Å²) >= 11 is 1.63. The normalized spacial score (nSPS) is 15.2. The maximum atomic E-state index is 12.2. The van der Waals surface area contributed by atoms with Gasteiger partial charge < -0.3 is 10.6 Å². The highest BCUT2D eigenvalue weighted by molar-refractivity contribution is 8.00. The Labute approximate surface area is 119 Å². The van der Waals surface area contributed by atoms with Crippen LogP contribution in [0.4, 0.5) is 0 Å². The molecule has 2 N–H and O–H groups in total. The van der Waals surface area contributed by atoms with Crippen molar-refractivity contribution in [2.24, 2.45) is 5.73 Å². The second kappa shape index (κ2) is 5.97. The average Bonchev–Trinajstić information content (AvgIpc) is 2.36. The first kappa shape index (κ1) is 14.4. The van der Waals surface area contributed by atoms with Gasteiger partial charge in [-0.15, -0.1) is 0 Å². The monoisotopic (exact) mass is 278 g/mol. The third kappa shape index (κ3) is 4.25. The van der Waals surface area contributed by atoms with E-state index in [1.54, 1.807) is 11.8 Å². The Morgan fingerprint density at radius 3 is 2.74 bits per heavy atom. The maximum Gasteiger partial charge on any atom is 0.232 e. The molecule has 0 saturated heterocycles. The van der Waals surface area contributed by atoms with Crippen LogP contribution in [-0.4, -0.2) is 34.4 Å². The standard InChI is InChI=1S/C15H22N2OS/c1-15(2,16)11-19-10-14(18)17-8-7-12-5-3-4-6-13(12)9-17/h3-6H,7-11,16H2,1-2H3. The second-order valence-corrected chi connectivity index (χ2v) is 6.80. The highest BCUT2D eigenvalue weighted by atomic mass is 32.2. The first-order chi connectivity index (χ1) is 8.96. The lowest BCUT2D eigenvalue weighted by molar-refractivity contribution is -0.129. The van der Waals surface area contributed by atoms with Crippen LogP contribution in [0.1, 0.15) is 25.0 Å². The molecule has 4 heteroatoms. The highest BCUT2D eigenvalue weighted by Gasteiger charge is 2.20. The van der Waals surface area contributed by atoms with Gasteiger partial charge in [-0.1, -0.05) is 24.3 Å². The fourth-order valence-corrected chi connectivity index (χ4v) is 3.19. The van der Waals surface area contributed by atoms with Gasteiger partial charge in [0, 0.05) is 24.4 Å². The summed E-state index contributed by atoms with van der Waals surface area (Å²) in [6.45, 7) is 5.56. The quantitative estimate of drug-likeness (QED) is 0.917. The van der Waals surface area contributed by atoms with Gasteiger partial charge in [-0.05, 0) is 31.4 Å². The van der Waals surface area contributed by atoms with Crippen molar-refractivity contribution in [2.45, 2.75) is 32.4 Å². The van der Waals surface area contributed by atoms with Gasteiger partial charge in [0.1, 0.15) is 0 Å². The Balaban J connectivity index is 1.85. The molecule has 0 aromatic heterocycles. The van der Waals surface area contributed by atoms with Crippen molar-refractivity contribution >= 4 is 17.7 Å². The van der Waals surface area contributed by atoms with Crippen LogP contribution in [0.5, 0.6) is 0 Å². The molecule has 1 aliphatic rings. The summed E-state index contributed by atoms with van der Waals surface area (Å²) < 4.78 is 0. The number of carbonyl (C=O) groups excluding carboxylic acids is 1. The zero-order valence-corrected chi connectivity index (χ0v) is 12.5. The van der Waals surface area contributed by atoms with Crippen molar-refractivity contribution in [1.82, 2.24) is 4.90 Å². The topological polar surface area (TPSA) is 46.3 Å². The Morgan fingerprint density at radius 1 is 1.37 bits per heavy atom. The first-order valence-corrected chi connectivity index (χ1v) is 7.82. The lowest BCUT2D eigenvalue weighted by Gasteiger charge is -2.29. The smallest absolute Gasteiger partial charge is 0.232 e. The van der Waals surface area contributed by atoms with Gasteiger partial charge in [0.05, 0.1) is 5.75 Å². The summed E-state index contributed by atoms with van der Waals surface area (Å²) in [5, 5.41) is 0. The summed E-state index contributed by atoms with van der Waals surface area (Å²) in [4.78, 5) is 14.1. The third-order valence-electron chi connectivity index (χ3n) is 3.18. The molecule has 0 fully saturated rings. The molecule has 1 aliphatic heterocycles. The van der Waals surface area contributed by atoms with E-state index >= 15 is 0 Å². The lowest BCUT2D eigenvalue weighted by atomic mass is 10.00. The zero-order chi connectivity index (χ0) is 13.9. The minimum atomic E-state index is -0.209. The van der Waals surface area contributed by atoms with Gasteiger partial charge in [-0.3, -0.25) is 4.79 Å². The average molecular weight is 278 g/mol. The minimum absolute atomic E-state index is 0.209.